The maximum absolute atomic E-state index is 13.1. The van der Waals surface area contributed by atoms with E-state index in [9.17, 15) is 14.4 Å². The zero-order valence-corrected chi connectivity index (χ0v) is 20.5. The average Bonchev–Trinajstić information content (AvgIpc) is 2.87. The van der Waals surface area contributed by atoms with Gasteiger partial charge in [-0.15, -0.1) is 0 Å². The van der Waals surface area contributed by atoms with Crippen LogP contribution in [-0.2, 0) is 9.53 Å². The van der Waals surface area contributed by atoms with Crippen LogP contribution in [0.3, 0.4) is 0 Å². The molecule has 1 unspecified atom stereocenters. The first kappa shape index (κ1) is 24.5. The maximum atomic E-state index is 13.1. The number of urea groups is 1. The predicted molar refractivity (Wildman–Crippen MR) is 133 cm³/mol. The zero-order chi connectivity index (χ0) is 24.9. The topological polar surface area (TPSA) is 82.2 Å². The van der Waals surface area contributed by atoms with Gasteiger partial charge in [0.2, 0.25) is 0 Å². The first-order chi connectivity index (χ1) is 16.9. The second kappa shape index (κ2) is 10.7. The van der Waals surface area contributed by atoms with Gasteiger partial charge >= 0.3 is 12.0 Å². The third-order valence-corrected chi connectivity index (χ3v) is 6.50. The summed E-state index contributed by atoms with van der Waals surface area (Å²) in [6.45, 7) is 6.84. The lowest BCUT2D eigenvalue weighted by Gasteiger charge is -2.39. The number of rotatable bonds is 6. The van der Waals surface area contributed by atoms with E-state index in [1.54, 1.807) is 14.0 Å². The van der Waals surface area contributed by atoms with Crippen molar-refractivity contribution in [2.24, 2.45) is 0 Å². The number of amides is 3. The molecule has 1 fully saturated rings. The number of carbonyl (C=O) groups excluding carboxylic acids is 3. The third-order valence-electron chi connectivity index (χ3n) is 6.50. The largest absolute Gasteiger partial charge is 0.463 e. The number of ether oxygens (including phenoxy) is 1. The maximum Gasteiger partial charge on any atom is 0.338 e. The van der Waals surface area contributed by atoms with Gasteiger partial charge in [-0.25, -0.2) is 9.59 Å². The number of piperazine rings is 1. The first-order valence-electron chi connectivity index (χ1n) is 12.0. The van der Waals surface area contributed by atoms with Crippen molar-refractivity contribution in [2.45, 2.75) is 19.9 Å². The van der Waals surface area contributed by atoms with E-state index in [4.69, 9.17) is 4.74 Å². The fourth-order valence-corrected chi connectivity index (χ4v) is 4.58. The lowest BCUT2D eigenvalue weighted by atomic mass is 9.93. The number of benzene rings is 2. The van der Waals surface area contributed by atoms with Gasteiger partial charge < -0.3 is 15.0 Å². The molecule has 0 bridgehead atoms. The molecule has 2 heterocycles. The summed E-state index contributed by atoms with van der Waals surface area (Å²) in [5.41, 5.74) is 3.63. The molecule has 3 amide bonds. The Morgan fingerprint density at radius 3 is 2.40 bits per heavy atom. The summed E-state index contributed by atoms with van der Waals surface area (Å²) >= 11 is 0. The van der Waals surface area contributed by atoms with Crippen LogP contribution in [0, 0.1) is 6.92 Å². The second-order valence-corrected chi connectivity index (χ2v) is 8.87. The highest BCUT2D eigenvalue weighted by Crippen LogP contribution is 2.32. The van der Waals surface area contributed by atoms with E-state index >= 15 is 0 Å². The molecule has 2 aliphatic rings. The summed E-state index contributed by atoms with van der Waals surface area (Å²) < 4.78 is 5.42. The predicted octanol–water partition coefficient (Wildman–Crippen LogP) is 2.97. The Morgan fingerprint density at radius 1 is 1.03 bits per heavy atom. The molecule has 2 aromatic rings. The number of hydrogen-bond donors (Lipinski definition) is 1. The van der Waals surface area contributed by atoms with Crippen molar-refractivity contribution in [3.63, 3.8) is 0 Å². The van der Waals surface area contributed by atoms with E-state index in [1.165, 1.54) is 4.90 Å². The summed E-state index contributed by atoms with van der Waals surface area (Å²) in [5, 5.41) is 2.96. The van der Waals surface area contributed by atoms with Crippen molar-refractivity contribution in [1.82, 2.24) is 20.0 Å². The molecule has 1 atom stereocenters. The van der Waals surface area contributed by atoms with Gasteiger partial charge in [0.05, 0.1) is 18.2 Å². The van der Waals surface area contributed by atoms with Gasteiger partial charge in [-0.05, 0) is 31.5 Å². The molecule has 2 aliphatic heterocycles. The fourth-order valence-electron chi connectivity index (χ4n) is 4.58. The minimum Gasteiger partial charge on any atom is -0.463 e. The Kier molecular flexibility index (Phi) is 7.51. The highest BCUT2D eigenvalue weighted by atomic mass is 16.5. The van der Waals surface area contributed by atoms with E-state index in [0.29, 0.717) is 49.6 Å². The summed E-state index contributed by atoms with van der Waals surface area (Å²) in [4.78, 5) is 44.4. The van der Waals surface area contributed by atoms with Crippen molar-refractivity contribution in [3.05, 3.63) is 82.6 Å². The van der Waals surface area contributed by atoms with E-state index in [0.717, 1.165) is 11.1 Å². The van der Waals surface area contributed by atoms with Crippen LogP contribution in [-0.4, -0.2) is 79.0 Å². The van der Waals surface area contributed by atoms with Crippen LogP contribution in [0.1, 0.15) is 34.5 Å². The molecule has 0 spiro atoms. The van der Waals surface area contributed by atoms with Crippen LogP contribution in [0.5, 0.6) is 0 Å². The minimum absolute atomic E-state index is 0.0188. The minimum atomic E-state index is -0.589. The molecule has 0 aromatic heterocycles. The molecule has 0 radical (unpaired) electrons. The number of carbonyl (C=O) groups is 3. The fraction of sp³-hybridized carbons (Fsp3) is 0.370. The summed E-state index contributed by atoms with van der Waals surface area (Å²) in [6, 6.07) is 16.2. The van der Waals surface area contributed by atoms with Gasteiger partial charge in [-0.3, -0.25) is 14.6 Å². The molecule has 1 N–H and O–H groups in total. The van der Waals surface area contributed by atoms with Gasteiger partial charge in [0.1, 0.15) is 0 Å². The SMILES string of the molecule is CCOC(=O)C1=C(CN2CCN(C(=O)c3ccccc3)CC2)N(C)C(=O)NC1c1cccc(C)c1. The molecular formula is C27H32N4O4. The molecule has 0 aliphatic carbocycles. The average molecular weight is 477 g/mol. The number of hydrogen-bond acceptors (Lipinski definition) is 5. The number of aryl methyl sites for hydroxylation is 1. The molecule has 184 valence electrons. The molecule has 8 nitrogen and oxygen atoms in total. The zero-order valence-electron chi connectivity index (χ0n) is 20.5. The van der Waals surface area contributed by atoms with Gasteiger partial charge in [0, 0.05) is 51.0 Å². The van der Waals surface area contributed by atoms with E-state index in [1.807, 2.05) is 66.4 Å². The van der Waals surface area contributed by atoms with Crippen LogP contribution in [0.15, 0.2) is 65.9 Å². The van der Waals surface area contributed by atoms with E-state index in [-0.39, 0.29) is 18.5 Å². The third kappa shape index (κ3) is 5.38. The summed E-state index contributed by atoms with van der Waals surface area (Å²) in [5.74, 6) is -0.413. The highest BCUT2D eigenvalue weighted by molar-refractivity contribution is 5.95. The second-order valence-electron chi connectivity index (χ2n) is 8.87. The summed E-state index contributed by atoms with van der Waals surface area (Å²) in [6.07, 6.45) is 0. The molecule has 4 rings (SSSR count). The molecule has 35 heavy (non-hydrogen) atoms. The lowest BCUT2D eigenvalue weighted by molar-refractivity contribution is -0.139. The van der Waals surface area contributed by atoms with Crippen LogP contribution in [0.2, 0.25) is 0 Å². The van der Waals surface area contributed by atoms with E-state index in [2.05, 4.69) is 10.2 Å². The molecule has 8 heteroatoms. The van der Waals surface area contributed by atoms with Gasteiger partial charge in [-0.1, -0.05) is 48.0 Å². The van der Waals surface area contributed by atoms with Crippen molar-refractivity contribution in [3.8, 4) is 0 Å². The van der Waals surface area contributed by atoms with Gasteiger partial charge in [0.15, 0.2) is 0 Å². The Hall–Kier alpha value is -3.65. The standard InChI is InChI=1S/C27H32N4O4/c1-4-35-26(33)23-22(29(3)27(34)28-24(23)21-12-8-9-19(2)17-21)18-30-13-15-31(16-14-30)25(32)20-10-6-5-7-11-20/h5-12,17,24H,4,13-16,18H2,1-3H3,(H,28,34). The number of nitrogens with one attached hydrogen (secondary N) is 1. The number of esters is 1. The van der Waals surface area contributed by atoms with Crippen LogP contribution < -0.4 is 5.32 Å². The molecule has 2 aromatic carbocycles. The molecule has 1 saturated heterocycles. The Balaban J connectivity index is 1.57. The Labute approximate surface area is 206 Å². The Morgan fingerprint density at radius 2 is 1.74 bits per heavy atom. The van der Waals surface area contributed by atoms with Crippen LogP contribution in [0.25, 0.3) is 0 Å². The van der Waals surface area contributed by atoms with Crippen molar-refractivity contribution in [1.29, 1.82) is 0 Å². The number of likely N-dealkylation sites (N-methyl/N-ethyl adjacent to an activating group) is 1. The summed E-state index contributed by atoms with van der Waals surface area (Å²) in [7, 11) is 1.67. The van der Waals surface area contributed by atoms with Crippen LogP contribution >= 0.6 is 0 Å². The van der Waals surface area contributed by atoms with Crippen molar-refractivity contribution >= 4 is 17.9 Å². The van der Waals surface area contributed by atoms with E-state index < -0.39 is 12.0 Å². The quantitative estimate of drug-likeness (QED) is 0.649. The lowest BCUT2D eigenvalue weighted by Crippen LogP contribution is -2.53. The van der Waals surface area contributed by atoms with Crippen molar-refractivity contribution in [2.75, 3.05) is 46.4 Å². The van der Waals surface area contributed by atoms with Gasteiger partial charge in [0.25, 0.3) is 5.91 Å². The molecule has 0 saturated carbocycles. The molecular weight excluding hydrogens is 444 g/mol. The highest BCUT2D eigenvalue weighted by Gasteiger charge is 2.37. The Bertz CT molecular complexity index is 1120. The smallest absolute Gasteiger partial charge is 0.338 e. The van der Waals surface area contributed by atoms with Gasteiger partial charge in [-0.2, -0.15) is 0 Å². The van der Waals surface area contributed by atoms with Crippen molar-refractivity contribution < 1.29 is 19.1 Å². The number of nitrogens with zero attached hydrogens (tertiary/aromatic N) is 3. The first-order valence-corrected chi connectivity index (χ1v) is 12.0. The normalized spacial score (nSPS) is 18.9. The van der Waals surface area contributed by atoms with Crippen LogP contribution in [0.4, 0.5) is 4.79 Å². The monoisotopic (exact) mass is 476 g/mol.